The topological polar surface area (TPSA) is 103 Å². The van der Waals surface area contributed by atoms with Gasteiger partial charge in [-0.05, 0) is 18.6 Å². The summed E-state index contributed by atoms with van der Waals surface area (Å²) in [6.07, 6.45) is 3.43. The summed E-state index contributed by atoms with van der Waals surface area (Å²) in [6.45, 7) is 4.90. The van der Waals surface area contributed by atoms with Gasteiger partial charge < -0.3 is 10.1 Å². The molecule has 4 atom stereocenters. The van der Waals surface area contributed by atoms with Crippen molar-refractivity contribution in [2.24, 2.45) is 5.92 Å². The maximum atomic E-state index is 12.5. The Morgan fingerprint density at radius 2 is 2.14 bits per heavy atom. The van der Waals surface area contributed by atoms with Crippen LogP contribution in [0.5, 0.6) is 0 Å². The van der Waals surface area contributed by atoms with Crippen molar-refractivity contribution in [3.63, 3.8) is 0 Å². The van der Waals surface area contributed by atoms with Crippen LogP contribution in [-0.2, 0) is 9.57 Å². The van der Waals surface area contributed by atoms with Crippen LogP contribution in [0.15, 0.2) is 43.0 Å². The van der Waals surface area contributed by atoms with Crippen LogP contribution >= 0.6 is 0 Å². The highest BCUT2D eigenvalue weighted by Crippen LogP contribution is 2.47. The third kappa shape index (κ3) is 2.81. The number of nitrogens with one attached hydrogen (secondary N) is 2. The van der Waals surface area contributed by atoms with Gasteiger partial charge in [0.05, 0.1) is 18.5 Å². The average molecular weight is 394 g/mol. The first-order valence-electron chi connectivity index (χ1n) is 9.73. The van der Waals surface area contributed by atoms with Crippen molar-refractivity contribution in [1.29, 1.82) is 0 Å². The second-order valence-corrected chi connectivity index (χ2v) is 7.49. The minimum Gasteiger partial charge on any atom is -0.347 e. The zero-order valence-electron chi connectivity index (χ0n) is 16.2. The molecule has 1 unspecified atom stereocenters. The molecule has 3 aromatic rings. The molecule has 2 bridgehead atoms. The third-order valence-electron chi connectivity index (χ3n) is 6.05. The fraction of sp³-hybridized carbons (Fsp3) is 0.400. The molecule has 9 heteroatoms. The fourth-order valence-electron chi connectivity index (χ4n) is 4.23. The molecule has 0 radical (unpaired) electrons. The monoisotopic (exact) mass is 394 g/mol. The fourth-order valence-corrected chi connectivity index (χ4v) is 4.23. The third-order valence-corrected chi connectivity index (χ3v) is 6.05. The molecule has 0 spiro atoms. The Balaban J connectivity index is 1.49. The number of benzene rings is 1. The highest BCUT2D eigenvalue weighted by molar-refractivity contribution is 6.06. The maximum Gasteiger partial charge on any atom is 0.256 e. The molecule has 1 amide bonds. The van der Waals surface area contributed by atoms with Gasteiger partial charge in [0.15, 0.2) is 23.2 Å². The number of hydrogen-bond donors (Lipinski definition) is 2. The SMILES string of the molecule is CC[C@@]12CNOC([C@H](n3cnc4c(NC(=O)c5ccccc5)ncnc43)O1)[C@H]2C. The van der Waals surface area contributed by atoms with E-state index >= 15 is 0 Å². The van der Waals surface area contributed by atoms with Crippen LogP contribution in [0.2, 0.25) is 0 Å². The van der Waals surface area contributed by atoms with Crippen LogP contribution in [-0.4, -0.2) is 43.7 Å². The Morgan fingerprint density at radius 3 is 2.90 bits per heavy atom. The van der Waals surface area contributed by atoms with Gasteiger partial charge in [-0.25, -0.2) is 15.0 Å². The number of amides is 1. The first kappa shape index (κ1) is 18.2. The molecule has 5 rings (SSSR count). The van der Waals surface area contributed by atoms with Gasteiger partial charge in [-0.15, -0.1) is 0 Å². The highest BCUT2D eigenvalue weighted by Gasteiger charge is 2.56. The van der Waals surface area contributed by atoms with Crippen molar-refractivity contribution in [2.45, 2.75) is 38.2 Å². The molecule has 0 saturated carbocycles. The van der Waals surface area contributed by atoms with Gasteiger partial charge in [-0.1, -0.05) is 32.0 Å². The van der Waals surface area contributed by atoms with Gasteiger partial charge in [0.2, 0.25) is 0 Å². The van der Waals surface area contributed by atoms with Gasteiger partial charge in [0.25, 0.3) is 5.91 Å². The molecule has 1 aromatic carbocycles. The lowest BCUT2D eigenvalue weighted by Crippen LogP contribution is -2.51. The quantitative estimate of drug-likeness (QED) is 0.700. The summed E-state index contributed by atoms with van der Waals surface area (Å²) in [5.41, 5.74) is 4.37. The number of ether oxygens (including phenoxy) is 1. The van der Waals surface area contributed by atoms with E-state index < -0.39 is 0 Å². The number of rotatable bonds is 4. The zero-order valence-corrected chi connectivity index (χ0v) is 16.2. The molecule has 150 valence electrons. The molecule has 0 aliphatic carbocycles. The van der Waals surface area contributed by atoms with E-state index in [4.69, 9.17) is 9.57 Å². The second-order valence-electron chi connectivity index (χ2n) is 7.49. The van der Waals surface area contributed by atoms with Crippen molar-refractivity contribution in [3.8, 4) is 0 Å². The van der Waals surface area contributed by atoms with Crippen molar-refractivity contribution >= 4 is 22.9 Å². The van der Waals surface area contributed by atoms with Crippen molar-refractivity contribution in [3.05, 3.63) is 48.5 Å². The highest BCUT2D eigenvalue weighted by atomic mass is 16.7. The summed E-state index contributed by atoms with van der Waals surface area (Å²) in [5.74, 6) is 0.329. The molecule has 9 nitrogen and oxygen atoms in total. The number of nitrogens with zero attached hydrogens (tertiary/aromatic N) is 4. The maximum absolute atomic E-state index is 12.5. The Labute approximate surface area is 167 Å². The first-order chi connectivity index (χ1) is 14.1. The number of carbonyl (C=O) groups is 1. The standard InChI is InChI=1S/C20H22N6O3/c1-3-20-9-24-29-15(12(20)2)19(28-20)26-11-23-14-16(21-10-22-17(14)26)25-18(27)13-7-5-4-6-8-13/h4-8,10-12,15,19,24H,3,9H2,1-2H3,(H,21,22,25,27)/t12-,15?,19-,20+/m1/s1. The average Bonchev–Trinajstić information content (AvgIpc) is 3.22. The molecular weight excluding hydrogens is 372 g/mol. The van der Waals surface area contributed by atoms with Gasteiger partial charge in [0, 0.05) is 11.5 Å². The predicted molar refractivity (Wildman–Crippen MR) is 105 cm³/mol. The summed E-state index contributed by atoms with van der Waals surface area (Å²) < 4.78 is 8.33. The smallest absolute Gasteiger partial charge is 0.256 e. The van der Waals surface area contributed by atoms with E-state index in [0.717, 1.165) is 6.42 Å². The predicted octanol–water partition coefficient (Wildman–Crippen LogP) is 2.30. The number of fused-ring (bicyclic) bond motifs is 3. The van der Waals surface area contributed by atoms with E-state index in [1.165, 1.54) is 6.33 Å². The summed E-state index contributed by atoms with van der Waals surface area (Å²) in [5, 5.41) is 2.83. The molecule has 2 saturated heterocycles. The molecule has 2 aliphatic heterocycles. The van der Waals surface area contributed by atoms with Crippen LogP contribution in [0, 0.1) is 5.92 Å². The van der Waals surface area contributed by atoms with Crippen molar-refractivity contribution in [1.82, 2.24) is 25.0 Å². The summed E-state index contributed by atoms with van der Waals surface area (Å²) in [7, 11) is 0. The lowest BCUT2D eigenvalue weighted by atomic mass is 9.84. The minimum atomic E-state index is -0.363. The van der Waals surface area contributed by atoms with Gasteiger partial charge in [0.1, 0.15) is 12.4 Å². The summed E-state index contributed by atoms with van der Waals surface area (Å²) in [6, 6.07) is 8.98. The second kappa shape index (κ2) is 6.87. The lowest BCUT2D eigenvalue weighted by Gasteiger charge is -2.35. The Bertz CT molecular complexity index is 1050. The summed E-state index contributed by atoms with van der Waals surface area (Å²) in [4.78, 5) is 31.4. The number of anilines is 1. The van der Waals surface area contributed by atoms with Crippen molar-refractivity contribution < 1.29 is 14.4 Å². The molecule has 2 fully saturated rings. The van der Waals surface area contributed by atoms with Crippen LogP contribution in [0.3, 0.4) is 0 Å². The van der Waals surface area contributed by atoms with Crippen LogP contribution in [0.25, 0.3) is 11.2 Å². The Hall–Kier alpha value is -2.88. The molecule has 29 heavy (non-hydrogen) atoms. The van der Waals surface area contributed by atoms with E-state index in [9.17, 15) is 4.79 Å². The zero-order chi connectivity index (χ0) is 20.0. The van der Waals surface area contributed by atoms with Crippen molar-refractivity contribution in [2.75, 3.05) is 11.9 Å². The Kier molecular flexibility index (Phi) is 4.30. The lowest BCUT2D eigenvalue weighted by molar-refractivity contribution is -0.103. The van der Waals surface area contributed by atoms with Gasteiger partial charge in [-0.3, -0.25) is 14.2 Å². The van der Waals surface area contributed by atoms with E-state index in [2.05, 4.69) is 39.6 Å². The van der Waals surface area contributed by atoms with Crippen LogP contribution in [0.4, 0.5) is 5.82 Å². The number of aromatic nitrogens is 4. The summed E-state index contributed by atoms with van der Waals surface area (Å²) >= 11 is 0. The van der Waals surface area contributed by atoms with Crippen LogP contribution < -0.4 is 10.8 Å². The molecular formula is C20H22N6O3. The number of hydroxylamine groups is 1. The van der Waals surface area contributed by atoms with E-state index in [1.807, 2.05) is 22.8 Å². The number of carbonyl (C=O) groups excluding carboxylic acids is 1. The normalized spacial score (nSPS) is 28.6. The van der Waals surface area contributed by atoms with Gasteiger partial charge >= 0.3 is 0 Å². The van der Waals surface area contributed by atoms with Crippen LogP contribution in [0.1, 0.15) is 36.9 Å². The molecule has 2 aliphatic rings. The first-order valence-corrected chi connectivity index (χ1v) is 9.73. The largest absolute Gasteiger partial charge is 0.347 e. The number of imidazole rings is 1. The molecule has 4 heterocycles. The van der Waals surface area contributed by atoms with E-state index in [0.29, 0.717) is 29.1 Å². The number of hydrogen-bond acceptors (Lipinski definition) is 7. The molecule has 2 aromatic heterocycles. The molecule has 2 N–H and O–H groups in total. The van der Waals surface area contributed by atoms with E-state index in [1.54, 1.807) is 18.5 Å². The Morgan fingerprint density at radius 1 is 1.31 bits per heavy atom. The van der Waals surface area contributed by atoms with E-state index in [-0.39, 0.29) is 29.8 Å². The minimum absolute atomic E-state index is 0.168. The van der Waals surface area contributed by atoms with Gasteiger partial charge in [-0.2, -0.15) is 5.48 Å².